The van der Waals surface area contributed by atoms with E-state index in [4.69, 9.17) is 9.47 Å². The number of ether oxygens (including phenoxy) is 2. The zero-order valence-electron chi connectivity index (χ0n) is 18.3. The number of aromatic nitrogens is 1. The van der Waals surface area contributed by atoms with Crippen molar-refractivity contribution >= 4 is 22.7 Å². The maximum absolute atomic E-state index is 13.5. The molecular weight excluding hydrogens is 406 g/mol. The zero-order chi connectivity index (χ0) is 22.2. The molecule has 1 aromatic heterocycles. The Morgan fingerprint density at radius 1 is 1.09 bits per heavy atom. The van der Waals surface area contributed by atoms with Gasteiger partial charge in [-0.2, -0.15) is 0 Å². The van der Waals surface area contributed by atoms with Crippen LogP contribution in [0, 0.1) is 0 Å². The highest BCUT2D eigenvalue weighted by molar-refractivity contribution is 5.97. The molecule has 0 aliphatic carbocycles. The van der Waals surface area contributed by atoms with Gasteiger partial charge in [0.1, 0.15) is 11.8 Å². The quantitative estimate of drug-likeness (QED) is 0.607. The number of para-hydroxylation sites is 1. The van der Waals surface area contributed by atoms with Gasteiger partial charge in [0.25, 0.3) is 0 Å². The molecule has 2 aromatic carbocycles. The molecule has 7 nitrogen and oxygen atoms in total. The minimum Gasteiger partial charge on any atom is -0.497 e. The fourth-order valence-corrected chi connectivity index (χ4v) is 5.07. The Bertz CT molecular complexity index is 1170. The van der Waals surface area contributed by atoms with Crippen molar-refractivity contribution in [2.75, 3.05) is 33.9 Å². The van der Waals surface area contributed by atoms with Gasteiger partial charge in [0.2, 0.25) is 11.8 Å². The Morgan fingerprint density at radius 3 is 2.75 bits per heavy atom. The van der Waals surface area contributed by atoms with Gasteiger partial charge in [0, 0.05) is 43.3 Å². The molecule has 1 N–H and O–H groups in total. The fourth-order valence-electron chi connectivity index (χ4n) is 5.07. The lowest BCUT2D eigenvalue weighted by Gasteiger charge is -2.47. The Morgan fingerprint density at radius 2 is 1.94 bits per heavy atom. The summed E-state index contributed by atoms with van der Waals surface area (Å²) in [5.74, 6) is 0.688. The van der Waals surface area contributed by atoms with Gasteiger partial charge in [-0.05, 0) is 35.7 Å². The van der Waals surface area contributed by atoms with Gasteiger partial charge in [0.15, 0.2) is 0 Å². The largest absolute Gasteiger partial charge is 0.497 e. The number of H-pyrrole nitrogens is 1. The predicted molar refractivity (Wildman–Crippen MR) is 121 cm³/mol. The van der Waals surface area contributed by atoms with E-state index in [0.717, 1.165) is 33.5 Å². The van der Waals surface area contributed by atoms with Gasteiger partial charge >= 0.3 is 0 Å². The smallest absolute Gasteiger partial charge is 0.246 e. The summed E-state index contributed by atoms with van der Waals surface area (Å²) in [6.45, 7) is 1.17. The Balaban J connectivity index is 1.62. The van der Waals surface area contributed by atoms with E-state index < -0.39 is 6.04 Å². The zero-order valence-corrected chi connectivity index (χ0v) is 18.3. The van der Waals surface area contributed by atoms with Crippen LogP contribution in [0.4, 0.5) is 0 Å². The van der Waals surface area contributed by atoms with Gasteiger partial charge in [0.05, 0.1) is 19.7 Å². The van der Waals surface area contributed by atoms with Crippen molar-refractivity contribution in [1.29, 1.82) is 0 Å². The molecule has 7 heteroatoms. The van der Waals surface area contributed by atoms with E-state index >= 15 is 0 Å². The van der Waals surface area contributed by atoms with E-state index in [1.807, 2.05) is 42.5 Å². The first kappa shape index (κ1) is 20.6. The van der Waals surface area contributed by atoms with Crippen LogP contribution in [0.3, 0.4) is 0 Å². The van der Waals surface area contributed by atoms with Crippen LogP contribution in [0.15, 0.2) is 48.5 Å². The number of hydrogen-bond acceptors (Lipinski definition) is 4. The second-order valence-electron chi connectivity index (χ2n) is 8.37. The third kappa shape index (κ3) is 3.33. The number of rotatable bonds is 6. The van der Waals surface area contributed by atoms with Crippen LogP contribution in [0.1, 0.15) is 29.3 Å². The van der Waals surface area contributed by atoms with E-state index in [1.54, 1.807) is 24.0 Å². The van der Waals surface area contributed by atoms with E-state index in [2.05, 4.69) is 11.1 Å². The number of amides is 2. The van der Waals surface area contributed by atoms with Crippen LogP contribution in [-0.2, 0) is 20.7 Å². The molecule has 0 radical (unpaired) electrons. The van der Waals surface area contributed by atoms with Crippen molar-refractivity contribution in [3.05, 3.63) is 65.4 Å². The number of aromatic amines is 1. The summed E-state index contributed by atoms with van der Waals surface area (Å²) < 4.78 is 10.6. The first-order valence-electron chi connectivity index (χ1n) is 10.9. The lowest BCUT2D eigenvalue weighted by Crippen LogP contribution is -2.63. The molecule has 2 atom stereocenters. The number of nitrogens with zero attached hydrogens (tertiary/aromatic N) is 2. The summed E-state index contributed by atoms with van der Waals surface area (Å²) in [5.41, 5.74) is 4.03. The molecule has 32 heavy (non-hydrogen) atoms. The lowest BCUT2D eigenvalue weighted by atomic mass is 9.86. The third-order valence-corrected chi connectivity index (χ3v) is 6.53. The summed E-state index contributed by atoms with van der Waals surface area (Å²) in [5, 5.41) is 1.10. The molecule has 3 heterocycles. The van der Waals surface area contributed by atoms with Crippen LogP contribution < -0.4 is 4.74 Å². The van der Waals surface area contributed by atoms with E-state index in [1.165, 1.54) is 0 Å². The SMILES string of the molecule is COCCCN1CC(=O)N2C(Cc3c([nH]c4ccccc34)C2c2cccc(OC)c2)C1=O. The van der Waals surface area contributed by atoms with E-state index in [-0.39, 0.29) is 24.4 Å². The first-order valence-corrected chi connectivity index (χ1v) is 10.9. The maximum Gasteiger partial charge on any atom is 0.246 e. The number of hydrogen-bond donors (Lipinski definition) is 1. The second-order valence-corrected chi connectivity index (χ2v) is 8.37. The number of carbonyl (C=O) groups is 2. The van der Waals surface area contributed by atoms with Gasteiger partial charge < -0.3 is 24.3 Å². The Hall–Kier alpha value is -3.32. The molecule has 0 bridgehead atoms. The van der Waals surface area contributed by atoms with Crippen molar-refractivity contribution in [2.24, 2.45) is 0 Å². The summed E-state index contributed by atoms with van der Waals surface area (Å²) in [6, 6.07) is 15.0. The number of fused-ring (bicyclic) bond motifs is 4. The lowest BCUT2D eigenvalue weighted by molar-refractivity contribution is -0.158. The van der Waals surface area contributed by atoms with Gasteiger partial charge in [-0.1, -0.05) is 30.3 Å². The number of methoxy groups -OCH3 is 2. The molecule has 0 saturated carbocycles. The van der Waals surface area contributed by atoms with Gasteiger partial charge in [-0.15, -0.1) is 0 Å². The van der Waals surface area contributed by atoms with Crippen molar-refractivity contribution < 1.29 is 19.1 Å². The summed E-state index contributed by atoms with van der Waals surface area (Å²) >= 11 is 0. The van der Waals surface area contributed by atoms with Gasteiger partial charge in [-0.25, -0.2) is 0 Å². The number of benzene rings is 2. The molecule has 5 rings (SSSR count). The third-order valence-electron chi connectivity index (χ3n) is 6.53. The molecule has 3 aromatic rings. The Labute approximate surface area is 186 Å². The number of nitrogens with one attached hydrogen (secondary N) is 1. The standard InChI is InChI=1S/C25H27N3O4/c1-31-12-6-11-27-15-22(29)28-21(25(27)30)14-19-18-9-3-4-10-20(18)26-23(19)24(28)16-7-5-8-17(13-16)32-2/h3-5,7-10,13,21,24,26H,6,11-12,14-15H2,1-2H3. The van der Waals surface area contributed by atoms with Crippen LogP contribution >= 0.6 is 0 Å². The molecule has 1 fully saturated rings. The topological polar surface area (TPSA) is 74.9 Å². The average Bonchev–Trinajstić information content (AvgIpc) is 3.19. The van der Waals surface area contributed by atoms with Crippen LogP contribution in [-0.4, -0.2) is 66.6 Å². The molecule has 1 saturated heterocycles. The van der Waals surface area contributed by atoms with Crippen LogP contribution in [0.5, 0.6) is 5.75 Å². The molecule has 2 aliphatic rings. The minimum absolute atomic E-state index is 0.00419. The summed E-state index contributed by atoms with van der Waals surface area (Å²) in [4.78, 5) is 34.0. The van der Waals surface area contributed by atoms with Crippen molar-refractivity contribution in [3.63, 3.8) is 0 Å². The van der Waals surface area contributed by atoms with E-state index in [0.29, 0.717) is 26.0 Å². The van der Waals surface area contributed by atoms with Crippen molar-refractivity contribution in [3.8, 4) is 5.75 Å². The number of carbonyl (C=O) groups excluding carboxylic acids is 2. The van der Waals surface area contributed by atoms with Crippen molar-refractivity contribution in [1.82, 2.24) is 14.8 Å². The minimum atomic E-state index is -0.526. The number of piperazine rings is 1. The highest BCUT2D eigenvalue weighted by Crippen LogP contribution is 2.43. The highest BCUT2D eigenvalue weighted by Gasteiger charge is 2.48. The Kier molecular flexibility index (Phi) is 5.35. The van der Waals surface area contributed by atoms with Crippen LogP contribution in [0.2, 0.25) is 0 Å². The van der Waals surface area contributed by atoms with Crippen LogP contribution in [0.25, 0.3) is 10.9 Å². The highest BCUT2D eigenvalue weighted by atomic mass is 16.5. The predicted octanol–water partition coefficient (Wildman–Crippen LogP) is 2.90. The van der Waals surface area contributed by atoms with Gasteiger partial charge in [-0.3, -0.25) is 9.59 Å². The molecule has 2 amide bonds. The normalized spacial score (nSPS) is 20.4. The maximum atomic E-state index is 13.5. The van der Waals surface area contributed by atoms with E-state index in [9.17, 15) is 9.59 Å². The van der Waals surface area contributed by atoms with Crippen molar-refractivity contribution in [2.45, 2.75) is 24.9 Å². The monoisotopic (exact) mass is 433 g/mol. The fraction of sp³-hybridized carbons (Fsp3) is 0.360. The molecule has 0 spiro atoms. The molecule has 2 aliphatic heterocycles. The first-order chi connectivity index (χ1) is 15.6. The summed E-state index contributed by atoms with van der Waals surface area (Å²) in [6.07, 6.45) is 1.21. The summed E-state index contributed by atoms with van der Waals surface area (Å²) in [7, 11) is 3.27. The molecule has 166 valence electrons. The molecule has 2 unspecified atom stereocenters. The molecular formula is C25H27N3O4. The average molecular weight is 434 g/mol. The second kappa shape index (κ2) is 8.31.